The highest BCUT2D eigenvalue weighted by atomic mass is 32.2. The Labute approximate surface area is 106 Å². The van der Waals surface area contributed by atoms with E-state index in [4.69, 9.17) is 5.11 Å². The molecule has 0 aliphatic carbocycles. The van der Waals surface area contributed by atoms with Crippen LogP contribution >= 0.6 is 11.8 Å². The van der Waals surface area contributed by atoms with Crippen molar-refractivity contribution in [2.45, 2.75) is 18.5 Å². The third kappa shape index (κ3) is 4.79. The lowest BCUT2D eigenvalue weighted by molar-refractivity contribution is 0.266. The van der Waals surface area contributed by atoms with Gasteiger partial charge in [-0.15, -0.1) is 0 Å². The molecule has 0 amide bonds. The molecule has 0 bridgehead atoms. The fourth-order valence-corrected chi connectivity index (χ4v) is 1.72. The summed E-state index contributed by atoms with van der Waals surface area (Å²) >= 11 is 1.51. The molecule has 1 atom stereocenters. The minimum absolute atomic E-state index is 0.227. The number of nitrogens with zero attached hydrogens (tertiary/aromatic N) is 2. The van der Waals surface area contributed by atoms with Gasteiger partial charge in [-0.2, -0.15) is 0 Å². The first-order chi connectivity index (χ1) is 8.19. The van der Waals surface area contributed by atoms with Gasteiger partial charge in [-0.05, 0) is 18.6 Å². The van der Waals surface area contributed by atoms with Gasteiger partial charge in [0.05, 0.1) is 0 Å². The highest BCUT2D eigenvalue weighted by Gasteiger charge is 2.05. The zero-order valence-corrected chi connectivity index (χ0v) is 11.3. The van der Waals surface area contributed by atoms with E-state index in [-0.39, 0.29) is 6.61 Å². The molecule has 17 heavy (non-hydrogen) atoms. The molecule has 0 aliphatic heterocycles. The lowest BCUT2D eigenvalue weighted by Crippen LogP contribution is -2.14. The fourth-order valence-electron chi connectivity index (χ4n) is 1.34. The number of anilines is 2. The third-order valence-corrected chi connectivity index (χ3v) is 2.95. The van der Waals surface area contributed by atoms with E-state index >= 15 is 0 Å². The second-order valence-electron chi connectivity index (χ2n) is 3.87. The number of rotatable bonds is 7. The first-order valence-electron chi connectivity index (χ1n) is 5.65. The molecular weight excluding hydrogens is 236 g/mol. The number of aliphatic hydroxyl groups excluding tert-OH is 1. The van der Waals surface area contributed by atoms with E-state index in [9.17, 15) is 0 Å². The Balaban J connectivity index is 2.63. The van der Waals surface area contributed by atoms with Gasteiger partial charge in [-0.1, -0.05) is 18.7 Å². The highest BCUT2D eigenvalue weighted by molar-refractivity contribution is 7.98. The van der Waals surface area contributed by atoms with Gasteiger partial charge in [-0.3, -0.25) is 0 Å². The topological polar surface area (TPSA) is 70.1 Å². The van der Waals surface area contributed by atoms with Gasteiger partial charge in [0.25, 0.3) is 0 Å². The summed E-state index contributed by atoms with van der Waals surface area (Å²) in [5.41, 5.74) is 0. The Hall–Kier alpha value is -1.01. The van der Waals surface area contributed by atoms with E-state index in [0.717, 1.165) is 29.8 Å². The molecule has 0 spiro atoms. The van der Waals surface area contributed by atoms with Crippen LogP contribution in [0.1, 0.15) is 13.3 Å². The SMILES string of the molecule is CNc1cc(NCC(C)CCO)nc(SC)n1. The Morgan fingerprint density at radius 2 is 2.12 bits per heavy atom. The molecule has 1 rings (SSSR count). The molecule has 6 heteroatoms. The summed E-state index contributed by atoms with van der Waals surface area (Å²) in [6.45, 7) is 3.12. The van der Waals surface area contributed by atoms with Crippen molar-refractivity contribution in [1.82, 2.24) is 9.97 Å². The Bertz CT molecular complexity index is 326. The zero-order valence-electron chi connectivity index (χ0n) is 10.5. The normalized spacial score (nSPS) is 12.2. The molecule has 3 N–H and O–H groups in total. The molecule has 1 aromatic rings. The van der Waals surface area contributed by atoms with Gasteiger partial charge >= 0.3 is 0 Å². The molecule has 96 valence electrons. The molecule has 0 radical (unpaired) electrons. The zero-order chi connectivity index (χ0) is 12.7. The molecule has 1 aromatic heterocycles. The first kappa shape index (κ1) is 14.1. The second-order valence-corrected chi connectivity index (χ2v) is 4.65. The van der Waals surface area contributed by atoms with Crippen LogP contribution in [0.25, 0.3) is 0 Å². The summed E-state index contributed by atoms with van der Waals surface area (Å²) < 4.78 is 0. The van der Waals surface area contributed by atoms with E-state index in [1.165, 1.54) is 11.8 Å². The number of thioether (sulfide) groups is 1. The van der Waals surface area contributed by atoms with Gasteiger partial charge in [0.1, 0.15) is 11.6 Å². The molecule has 0 aromatic carbocycles. The molecule has 1 unspecified atom stereocenters. The van der Waals surface area contributed by atoms with Crippen LogP contribution in [0.2, 0.25) is 0 Å². The smallest absolute Gasteiger partial charge is 0.191 e. The predicted molar refractivity (Wildman–Crippen MR) is 72.7 cm³/mol. The molecule has 1 heterocycles. The Morgan fingerprint density at radius 3 is 2.71 bits per heavy atom. The minimum Gasteiger partial charge on any atom is -0.396 e. The van der Waals surface area contributed by atoms with E-state index < -0.39 is 0 Å². The summed E-state index contributed by atoms with van der Waals surface area (Å²) in [5.74, 6) is 2.05. The third-order valence-electron chi connectivity index (χ3n) is 2.40. The van der Waals surface area contributed by atoms with Crippen LogP contribution in [0.3, 0.4) is 0 Å². The fraction of sp³-hybridized carbons (Fsp3) is 0.636. The van der Waals surface area contributed by atoms with Gasteiger partial charge in [0.15, 0.2) is 5.16 Å². The van der Waals surface area contributed by atoms with Crippen molar-refractivity contribution < 1.29 is 5.11 Å². The molecule has 5 nitrogen and oxygen atoms in total. The quantitative estimate of drug-likeness (QED) is 0.509. The van der Waals surface area contributed by atoms with Crippen LogP contribution in [0.4, 0.5) is 11.6 Å². The van der Waals surface area contributed by atoms with E-state index in [1.54, 1.807) is 0 Å². The van der Waals surface area contributed by atoms with Crippen LogP contribution in [-0.2, 0) is 0 Å². The monoisotopic (exact) mass is 256 g/mol. The average Bonchev–Trinajstić information content (AvgIpc) is 2.36. The standard InChI is InChI=1S/C11H20N4OS/c1-8(4-5-16)7-13-10-6-9(12-2)14-11(15-10)17-3/h6,8,16H,4-5,7H2,1-3H3,(H2,12,13,14,15). The maximum atomic E-state index is 8.83. The van der Waals surface area contributed by atoms with Crippen molar-refractivity contribution >= 4 is 23.4 Å². The van der Waals surface area contributed by atoms with Crippen LogP contribution in [0.5, 0.6) is 0 Å². The maximum Gasteiger partial charge on any atom is 0.191 e. The number of aromatic nitrogens is 2. The molecule has 0 saturated carbocycles. The summed E-state index contributed by atoms with van der Waals surface area (Å²) in [6.07, 6.45) is 2.75. The van der Waals surface area contributed by atoms with Crippen molar-refractivity contribution in [3.8, 4) is 0 Å². The van der Waals surface area contributed by atoms with Crippen LogP contribution < -0.4 is 10.6 Å². The van der Waals surface area contributed by atoms with Gasteiger partial charge < -0.3 is 15.7 Å². The molecule has 0 saturated heterocycles. The van der Waals surface area contributed by atoms with E-state index in [0.29, 0.717) is 5.92 Å². The van der Waals surface area contributed by atoms with Gasteiger partial charge in [0, 0.05) is 26.3 Å². The van der Waals surface area contributed by atoms with Crippen molar-refractivity contribution in [1.29, 1.82) is 0 Å². The lowest BCUT2D eigenvalue weighted by atomic mass is 10.1. The van der Waals surface area contributed by atoms with Crippen molar-refractivity contribution in [3.05, 3.63) is 6.07 Å². The second kappa shape index (κ2) is 7.34. The summed E-state index contributed by atoms with van der Waals surface area (Å²) in [7, 11) is 1.84. The maximum absolute atomic E-state index is 8.83. The van der Waals surface area contributed by atoms with Gasteiger partial charge in [0.2, 0.25) is 0 Å². The van der Waals surface area contributed by atoms with Gasteiger partial charge in [-0.25, -0.2) is 9.97 Å². The van der Waals surface area contributed by atoms with Crippen LogP contribution in [-0.4, -0.2) is 41.5 Å². The van der Waals surface area contributed by atoms with Crippen molar-refractivity contribution in [3.63, 3.8) is 0 Å². The lowest BCUT2D eigenvalue weighted by Gasteiger charge is -2.12. The summed E-state index contributed by atoms with van der Waals surface area (Å²) in [5, 5.41) is 15.8. The first-order valence-corrected chi connectivity index (χ1v) is 6.87. The Kier molecular flexibility index (Phi) is 6.07. The van der Waals surface area contributed by atoms with Crippen LogP contribution in [0, 0.1) is 5.92 Å². The molecule has 0 fully saturated rings. The largest absolute Gasteiger partial charge is 0.396 e. The molecular formula is C11H20N4OS. The molecule has 0 aliphatic rings. The van der Waals surface area contributed by atoms with Crippen LogP contribution in [0.15, 0.2) is 11.2 Å². The summed E-state index contributed by atoms with van der Waals surface area (Å²) in [4.78, 5) is 8.66. The number of aliphatic hydroxyl groups is 1. The van der Waals surface area contributed by atoms with Crippen molar-refractivity contribution in [2.24, 2.45) is 5.92 Å². The summed E-state index contributed by atoms with van der Waals surface area (Å²) in [6, 6.07) is 1.88. The highest BCUT2D eigenvalue weighted by Crippen LogP contribution is 2.17. The number of nitrogens with one attached hydrogen (secondary N) is 2. The Morgan fingerprint density at radius 1 is 1.41 bits per heavy atom. The van der Waals surface area contributed by atoms with Crippen molar-refractivity contribution in [2.75, 3.05) is 37.1 Å². The van der Waals surface area contributed by atoms with E-state index in [2.05, 4.69) is 27.5 Å². The van der Waals surface area contributed by atoms with E-state index in [1.807, 2.05) is 19.4 Å². The average molecular weight is 256 g/mol. The number of hydrogen-bond donors (Lipinski definition) is 3. The predicted octanol–water partition coefficient (Wildman–Crippen LogP) is 1.67. The number of hydrogen-bond acceptors (Lipinski definition) is 6. The minimum atomic E-state index is 0.227.